The van der Waals surface area contributed by atoms with E-state index in [-0.39, 0.29) is 12.1 Å². The van der Waals surface area contributed by atoms with Crippen LogP contribution in [0.4, 0.5) is 4.79 Å². The first-order valence-electron chi connectivity index (χ1n) is 7.40. The number of hydrogen-bond donors (Lipinski definition) is 1. The number of hydrogen-bond acceptors (Lipinski definition) is 3. The van der Waals surface area contributed by atoms with Crippen molar-refractivity contribution in [3.8, 4) is 0 Å². The molecule has 1 amide bonds. The van der Waals surface area contributed by atoms with Gasteiger partial charge in [-0.3, -0.25) is 0 Å². The number of nitrogens with zero attached hydrogens (tertiary/aromatic N) is 1. The van der Waals surface area contributed by atoms with Crippen LogP contribution in [0.1, 0.15) is 26.3 Å². The van der Waals surface area contributed by atoms with Crippen LogP contribution in [0.2, 0.25) is 10.0 Å². The Morgan fingerprint density at radius 3 is 2.73 bits per heavy atom. The topological polar surface area (TPSA) is 41.6 Å². The molecule has 6 heteroatoms. The van der Waals surface area contributed by atoms with Crippen molar-refractivity contribution in [1.82, 2.24) is 10.2 Å². The highest BCUT2D eigenvalue weighted by Crippen LogP contribution is 2.23. The highest BCUT2D eigenvalue weighted by atomic mass is 35.5. The van der Waals surface area contributed by atoms with Gasteiger partial charge in [0.25, 0.3) is 0 Å². The number of halogens is 2. The van der Waals surface area contributed by atoms with Gasteiger partial charge in [-0.05, 0) is 44.9 Å². The largest absolute Gasteiger partial charge is 0.444 e. The SMILES string of the molecule is CC(C)(C)OC(=O)N1CCNC(Cc2ccc(Cl)c(Cl)c2)C1. The Bertz CT molecular complexity index is 543. The van der Waals surface area contributed by atoms with Crippen molar-refractivity contribution in [2.75, 3.05) is 19.6 Å². The summed E-state index contributed by atoms with van der Waals surface area (Å²) < 4.78 is 5.43. The van der Waals surface area contributed by atoms with E-state index in [1.807, 2.05) is 32.9 Å². The van der Waals surface area contributed by atoms with Gasteiger partial charge in [0.1, 0.15) is 5.60 Å². The van der Waals surface area contributed by atoms with Crippen molar-refractivity contribution in [2.24, 2.45) is 0 Å². The van der Waals surface area contributed by atoms with E-state index >= 15 is 0 Å². The Labute approximate surface area is 141 Å². The number of nitrogens with one attached hydrogen (secondary N) is 1. The third-order valence-corrected chi connectivity index (χ3v) is 4.11. The lowest BCUT2D eigenvalue weighted by Crippen LogP contribution is -2.54. The molecule has 1 heterocycles. The molecular weight excluding hydrogens is 323 g/mol. The number of piperazine rings is 1. The molecule has 1 aliphatic rings. The minimum Gasteiger partial charge on any atom is -0.444 e. The normalized spacial score (nSPS) is 19.1. The highest BCUT2D eigenvalue weighted by Gasteiger charge is 2.27. The molecular formula is C16H22Cl2N2O2. The van der Waals surface area contributed by atoms with E-state index in [0.717, 1.165) is 18.5 Å². The van der Waals surface area contributed by atoms with Crippen LogP contribution >= 0.6 is 23.2 Å². The molecule has 1 aromatic rings. The molecule has 0 spiro atoms. The van der Waals surface area contributed by atoms with Gasteiger partial charge in [-0.15, -0.1) is 0 Å². The van der Waals surface area contributed by atoms with Crippen LogP contribution in [0.25, 0.3) is 0 Å². The van der Waals surface area contributed by atoms with Gasteiger partial charge in [0.15, 0.2) is 0 Å². The molecule has 1 N–H and O–H groups in total. The number of carbonyl (C=O) groups is 1. The van der Waals surface area contributed by atoms with E-state index in [2.05, 4.69) is 5.32 Å². The zero-order valence-corrected chi connectivity index (χ0v) is 14.7. The van der Waals surface area contributed by atoms with Gasteiger partial charge in [0.2, 0.25) is 0 Å². The molecule has 1 fully saturated rings. The molecule has 4 nitrogen and oxygen atoms in total. The van der Waals surface area contributed by atoms with Crippen LogP contribution in [0.5, 0.6) is 0 Å². The van der Waals surface area contributed by atoms with Crippen LogP contribution < -0.4 is 5.32 Å². The first kappa shape index (κ1) is 17.4. The average molecular weight is 345 g/mol. The first-order chi connectivity index (χ1) is 10.2. The van der Waals surface area contributed by atoms with Crippen LogP contribution in [-0.2, 0) is 11.2 Å². The quantitative estimate of drug-likeness (QED) is 0.888. The van der Waals surface area contributed by atoms with Gasteiger partial charge in [0, 0.05) is 25.7 Å². The van der Waals surface area contributed by atoms with Crippen molar-refractivity contribution in [3.63, 3.8) is 0 Å². The molecule has 22 heavy (non-hydrogen) atoms. The number of ether oxygens (including phenoxy) is 1. The average Bonchev–Trinajstić information content (AvgIpc) is 2.41. The lowest BCUT2D eigenvalue weighted by Gasteiger charge is -2.35. The number of rotatable bonds is 2. The summed E-state index contributed by atoms with van der Waals surface area (Å²) >= 11 is 12.0. The third kappa shape index (κ3) is 5.04. The lowest BCUT2D eigenvalue weighted by atomic mass is 10.0. The molecule has 2 rings (SSSR count). The molecule has 0 saturated carbocycles. The fraction of sp³-hybridized carbons (Fsp3) is 0.562. The zero-order valence-electron chi connectivity index (χ0n) is 13.2. The molecule has 1 atom stereocenters. The van der Waals surface area contributed by atoms with Crippen LogP contribution in [0.15, 0.2) is 18.2 Å². The molecule has 1 aliphatic heterocycles. The lowest BCUT2D eigenvalue weighted by molar-refractivity contribution is 0.0195. The predicted molar refractivity (Wildman–Crippen MR) is 89.8 cm³/mol. The highest BCUT2D eigenvalue weighted by molar-refractivity contribution is 6.42. The Balaban J connectivity index is 1.95. The van der Waals surface area contributed by atoms with Gasteiger partial charge in [-0.2, -0.15) is 0 Å². The maximum absolute atomic E-state index is 12.1. The summed E-state index contributed by atoms with van der Waals surface area (Å²) in [6.07, 6.45) is 0.532. The van der Waals surface area contributed by atoms with E-state index in [4.69, 9.17) is 27.9 Å². The van der Waals surface area contributed by atoms with E-state index in [1.165, 1.54) is 0 Å². The van der Waals surface area contributed by atoms with E-state index < -0.39 is 5.60 Å². The Hall–Kier alpha value is -0.970. The Morgan fingerprint density at radius 1 is 1.36 bits per heavy atom. The Morgan fingerprint density at radius 2 is 2.09 bits per heavy atom. The standard InChI is InChI=1S/C16H22Cl2N2O2/c1-16(2,3)22-15(21)20-7-6-19-12(10-20)8-11-4-5-13(17)14(18)9-11/h4-5,9,12,19H,6-8,10H2,1-3H3. The molecule has 1 saturated heterocycles. The Kier molecular flexibility index (Phi) is 5.59. The second-order valence-corrected chi connectivity index (χ2v) is 7.34. The molecule has 0 bridgehead atoms. The van der Waals surface area contributed by atoms with Crippen molar-refractivity contribution in [3.05, 3.63) is 33.8 Å². The number of benzene rings is 1. The fourth-order valence-corrected chi connectivity index (χ4v) is 2.73. The summed E-state index contributed by atoms with van der Waals surface area (Å²) in [4.78, 5) is 13.9. The zero-order chi connectivity index (χ0) is 16.3. The molecule has 122 valence electrons. The molecule has 0 radical (unpaired) electrons. The summed E-state index contributed by atoms with van der Waals surface area (Å²) in [6.45, 7) is 7.66. The van der Waals surface area contributed by atoms with Gasteiger partial charge in [-0.25, -0.2) is 4.79 Å². The van der Waals surface area contributed by atoms with Crippen LogP contribution in [0.3, 0.4) is 0 Å². The summed E-state index contributed by atoms with van der Waals surface area (Å²) in [6, 6.07) is 5.81. The maximum atomic E-state index is 12.1. The van der Waals surface area contributed by atoms with Crippen LogP contribution in [0, 0.1) is 0 Å². The predicted octanol–water partition coefficient (Wildman–Crippen LogP) is 3.74. The molecule has 1 unspecified atom stereocenters. The molecule has 0 aromatic heterocycles. The smallest absolute Gasteiger partial charge is 0.410 e. The van der Waals surface area contributed by atoms with E-state index in [9.17, 15) is 4.79 Å². The number of amides is 1. The van der Waals surface area contributed by atoms with E-state index in [0.29, 0.717) is 23.1 Å². The first-order valence-corrected chi connectivity index (χ1v) is 8.15. The third-order valence-electron chi connectivity index (χ3n) is 3.37. The second kappa shape index (κ2) is 7.07. The monoisotopic (exact) mass is 344 g/mol. The van der Waals surface area contributed by atoms with Crippen molar-refractivity contribution in [2.45, 2.75) is 38.8 Å². The van der Waals surface area contributed by atoms with Gasteiger partial charge in [0.05, 0.1) is 10.0 Å². The fourth-order valence-electron chi connectivity index (χ4n) is 2.41. The molecule has 1 aromatic carbocycles. The van der Waals surface area contributed by atoms with Gasteiger partial charge < -0.3 is 15.0 Å². The second-order valence-electron chi connectivity index (χ2n) is 6.53. The molecule has 0 aliphatic carbocycles. The minimum absolute atomic E-state index is 0.179. The maximum Gasteiger partial charge on any atom is 0.410 e. The summed E-state index contributed by atoms with van der Waals surface area (Å²) in [5.74, 6) is 0. The van der Waals surface area contributed by atoms with Crippen molar-refractivity contribution in [1.29, 1.82) is 0 Å². The van der Waals surface area contributed by atoms with Gasteiger partial charge >= 0.3 is 6.09 Å². The van der Waals surface area contributed by atoms with Gasteiger partial charge in [-0.1, -0.05) is 29.3 Å². The summed E-state index contributed by atoms with van der Waals surface area (Å²) in [5, 5.41) is 4.53. The summed E-state index contributed by atoms with van der Waals surface area (Å²) in [7, 11) is 0. The summed E-state index contributed by atoms with van der Waals surface area (Å²) in [5.41, 5.74) is 0.624. The van der Waals surface area contributed by atoms with Crippen molar-refractivity contribution >= 4 is 29.3 Å². The van der Waals surface area contributed by atoms with E-state index in [1.54, 1.807) is 11.0 Å². The van der Waals surface area contributed by atoms with Crippen LogP contribution in [-0.4, -0.2) is 42.3 Å². The van der Waals surface area contributed by atoms with Crippen molar-refractivity contribution < 1.29 is 9.53 Å². The minimum atomic E-state index is -0.471. The number of carbonyl (C=O) groups excluding carboxylic acids is 1.